The molecule has 4 N–H and O–H groups in total. The number of hydrogen-bond donors (Lipinski definition) is 4. The minimum absolute atomic E-state index is 0. The van der Waals surface area contributed by atoms with Crippen molar-refractivity contribution in [3.8, 4) is 0 Å². The van der Waals surface area contributed by atoms with Gasteiger partial charge in [-0.1, -0.05) is 16.5 Å². The van der Waals surface area contributed by atoms with Crippen LogP contribution in [-0.4, -0.2) is 33.7 Å². The molecular weight excluding hydrogens is 410 g/mol. The minimum Gasteiger partial charge on any atom is -0.813 e. The normalized spacial score (nSPS) is 9.68. The molecule has 0 spiro atoms. The first-order valence-electron chi connectivity index (χ1n) is 3.61. The van der Waals surface area contributed by atoms with E-state index < -0.39 is 42.9 Å². The molecule has 0 amide bonds. The molecule has 16 heteroatoms. The summed E-state index contributed by atoms with van der Waals surface area (Å²) in [6, 6.07) is 0. The maximum Gasteiger partial charge on any atom is 4.00 e. The topological polar surface area (TPSA) is 233 Å². The van der Waals surface area contributed by atoms with E-state index in [1.54, 1.807) is 0 Å². The maximum absolute atomic E-state index is 10.1. The van der Waals surface area contributed by atoms with E-state index in [0.29, 0.717) is 0 Å². The van der Waals surface area contributed by atoms with E-state index in [-0.39, 0.29) is 26.2 Å². The zero-order valence-corrected chi connectivity index (χ0v) is 14.3. The molecule has 112 valence electrons. The summed E-state index contributed by atoms with van der Waals surface area (Å²) in [5, 5.41) is 10.1. The molecule has 0 bridgehead atoms. The second-order valence-corrected chi connectivity index (χ2v) is 4.79. The van der Waals surface area contributed by atoms with Gasteiger partial charge in [0.1, 0.15) is 0 Å². The molecular formula is C3H10NO11P3Zr. The molecule has 0 saturated heterocycles. The van der Waals surface area contributed by atoms with Crippen LogP contribution < -0.4 is 24.9 Å². The molecule has 0 aliphatic heterocycles. The van der Waals surface area contributed by atoms with E-state index in [2.05, 4.69) is 5.32 Å². The summed E-state index contributed by atoms with van der Waals surface area (Å²) in [7, 11) is -11.4. The molecule has 19 heavy (non-hydrogen) atoms. The first kappa shape index (κ1) is 28.0. The molecule has 12 nitrogen and oxygen atoms in total. The predicted molar refractivity (Wildman–Crippen MR) is 50.6 cm³/mol. The van der Waals surface area contributed by atoms with Crippen molar-refractivity contribution in [2.75, 3.05) is 12.8 Å². The van der Waals surface area contributed by atoms with Gasteiger partial charge in [0.25, 0.3) is 0 Å². The van der Waals surface area contributed by atoms with Crippen LogP contribution in [-0.2, 0) is 44.7 Å². The van der Waals surface area contributed by atoms with Gasteiger partial charge in [0.2, 0.25) is 0 Å². The Balaban J connectivity index is -0.000000105. The Labute approximate surface area is 127 Å². The Bertz CT molecular complexity index is 296. The van der Waals surface area contributed by atoms with Crippen molar-refractivity contribution in [1.82, 2.24) is 5.32 Å². The number of carboxylic acid groups (broad SMARTS) is 1. The first-order valence-corrected chi connectivity index (χ1v) is 7.86. The zero-order valence-electron chi connectivity index (χ0n) is 8.97. The van der Waals surface area contributed by atoms with Gasteiger partial charge in [-0.3, -0.25) is 14.7 Å². The molecule has 0 unspecified atom stereocenters. The van der Waals surface area contributed by atoms with Gasteiger partial charge in [0, 0.05) is 0 Å². The van der Waals surface area contributed by atoms with E-state index in [1.165, 1.54) is 0 Å². The van der Waals surface area contributed by atoms with Crippen molar-refractivity contribution >= 4 is 30.1 Å². The second-order valence-electron chi connectivity index (χ2n) is 2.14. The third kappa shape index (κ3) is 87.5. The Kier molecular flexibility index (Phi) is 24.8. The van der Waals surface area contributed by atoms with Crippen LogP contribution in [0.4, 0.5) is 0 Å². The predicted octanol–water partition coefficient (Wildman–Crippen LogP) is -5.01. The molecule has 0 atom stereocenters. The molecule has 0 rings (SSSR count). The van der Waals surface area contributed by atoms with Gasteiger partial charge in [-0.05, 0) is 0 Å². The number of carboxylic acids is 1. The maximum atomic E-state index is 10.1. The Morgan fingerprint density at radius 1 is 1.11 bits per heavy atom. The van der Waals surface area contributed by atoms with Gasteiger partial charge in [-0.15, -0.1) is 0 Å². The molecule has 0 radical (unpaired) electrons. The van der Waals surface area contributed by atoms with E-state index in [9.17, 15) is 9.36 Å². The van der Waals surface area contributed by atoms with Gasteiger partial charge in [-0.25, -0.2) is 0 Å². The van der Waals surface area contributed by atoms with Gasteiger partial charge in [0.15, 0.2) is 0 Å². The number of nitrogens with one attached hydrogen (secondary N) is 1. The third-order valence-corrected chi connectivity index (χ3v) is 1.23. The SMILES string of the molecule is O=C(O)CNCP(=O)(O)O.O=[PH]([O-])[O-].O=[PH]([O-])[O-].[Zr+4]. The number of rotatable bonds is 4. The largest absolute Gasteiger partial charge is 4.00 e. The molecule has 0 fully saturated rings. The van der Waals surface area contributed by atoms with Crippen molar-refractivity contribution in [2.45, 2.75) is 0 Å². The van der Waals surface area contributed by atoms with Crippen LogP contribution in [0.15, 0.2) is 0 Å². The summed E-state index contributed by atoms with van der Waals surface area (Å²) in [6.45, 7) is -0.439. The average Bonchev–Trinajstić information content (AvgIpc) is 1.96. The molecule has 0 aromatic rings. The van der Waals surface area contributed by atoms with Crippen molar-refractivity contribution < 1.29 is 79.2 Å². The van der Waals surface area contributed by atoms with Gasteiger partial charge in [0.05, 0.1) is 12.8 Å². The van der Waals surface area contributed by atoms with Crippen LogP contribution in [0.2, 0.25) is 0 Å². The standard InChI is InChI=1S/C3H8NO5P.2H3O3P.Zr/c5-3(6)1-4-2-10(7,8)9;2*1-4(2)3;/h4H,1-2H2,(H,5,6)(H2,7,8,9);2*4H,(H2,1,2,3);/q;;;+4/p-4. The fourth-order valence-corrected chi connectivity index (χ4v) is 0.712. The summed E-state index contributed by atoms with van der Waals surface area (Å²) >= 11 is 0. The first-order chi connectivity index (χ1) is 7.88. The Morgan fingerprint density at radius 3 is 1.53 bits per heavy atom. The fourth-order valence-electron chi connectivity index (χ4n) is 0.308. The van der Waals surface area contributed by atoms with Gasteiger partial charge >= 0.3 is 39.8 Å². The van der Waals surface area contributed by atoms with E-state index >= 15 is 0 Å². The van der Waals surface area contributed by atoms with Crippen LogP contribution in [0.5, 0.6) is 0 Å². The smallest absolute Gasteiger partial charge is 0.813 e. The minimum atomic E-state index is -4.10. The van der Waals surface area contributed by atoms with Gasteiger partial charge in [-0.2, -0.15) is 0 Å². The molecule has 0 saturated carbocycles. The van der Waals surface area contributed by atoms with Crippen molar-refractivity contribution in [1.29, 1.82) is 0 Å². The van der Waals surface area contributed by atoms with Crippen LogP contribution in [0, 0.1) is 0 Å². The molecule has 0 aliphatic carbocycles. The Hall–Kier alpha value is 0.763. The van der Waals surface area contributed by atoms with Gasteiger partial charge < -0.3 is 43.6 Å². The molecule has 0 aliphatic rings. The van der Waals surface area contributed by atoms with Crippen molar-refractivity contribution in [2.24, 2.45) is 0 Å². The zero-order chi connectivity index (χ0) is 15.4. The van der Waals surface area contributed by atoms with Crippen LogP contribution in [0.25, 0.3) is 0 Å². The monoisotopic (exact) mass is 419 g/mol. The van der Waals surface area contributed by atoms with E-state index in [0.717, 1.165) is 0 Å². The van der Waals surface area contributed by atoms with Crippen LogP contribution >= 0.6 is 24.1 Å². The molecule has 0 heterocycles. The van der Waals surface area contributed by atoms with Crippen molar-refractivity contribution in [3.05, 3.63) is 0 Å². The average molecular weight is 420 g/mol. The summed E-state index contributed by atoms with van der Waals surface area (Å²) in [4.78, 5) is 60.2. The third-order valence-electron chi connectivity index (χ3n) is 0.594. The van der Waals surface area contributed by atoms with E-state index in [1.807, 2.05) is 0 Å². The second kappa shape index (κ2) is 16.8. The van der Waals surface area contributed by atoms with Crippen LogP contribution in [0.3, 0.4) is 0 Å². The fraction of sp³-hybridized carbons (Fsp3) is 0.667. The summed E-state index contributed by atoms with van der Waals surface area (Å²) in [6.07, 6.45) is -0.598. The Morgan fingerprint density at radius 2 is 1.37 bits per heavy atom. The molecule has 0 aromatic carbocycles. The van der Waals surface area contributed by atoms with E-state index in [4.69, 9.17) is 43.6 Å². The van der Waals surface area contributed by atoms with Crippen LogP contribution in [0.1, 0.15) is 0 Å². The molecule has 0 aromatic heterocycles. The quantitative estimate of drug-likeness (QED) is 0.313. The summed E-state index contributed by atoms with van der Waals surface area (Å²) in [5.74, 6) is -1.14. The number of aliphatic carboxylic acids is 1. The summed E-state index contributed by atoms with van der Waals surface area (Å²) in [5.41, 5.74) is 0. The number of hydrogen-bond acceptors (Lipinski definition) is 9. The summed E-state index contributed by atoms with van der Waals surface area (Å²) < 4.78 is 27.1. The number of carbonyl (C=O) groups is 1. The van der Waals surface area contributed by atoms with Crippen molar-refractivity contribution in [3.63, 3.8) is 0 Å².